The largest absolute Gasteiger partial charge is 0.472 e. The van der Waals surface area contributed by atoms with Crippen LogP contribution in [0.15, 0.2) is 122 Å². The molecule has 0 amide bonds. The Morgan fingerprint density at radius 1 is 0.422 bits per heavy atom. The average Bonchev–Trinajstić information content (AvgIpc) is 3.27. The van der Waals surface area contributed by atoms with E-state index in [-0.39, 0.29) is 12.8 Å². The van der Waals surface area contributed by atoms with Crippen LogP contribution >= 0.6 is 15.6 Å². The van der Waals surface area contributed by atoms with Crippen LogP contribution in [-0.4, -0.2) is 95.0 Å². The molecule has 0 bridgehead atoms. The van der Waals surface area contributed by atoms with E-state index >= 15 is 0 Å². The number of aliphatic hydroxyl groups is 3. The molecule has 0 rings (SSSR count). The zero-order valence-electron chi connectivity index (χ0n) is 37.6. The lowest BCUT2D eigenvalue weighted by molar-refractivity contribution is -0.148. The van der Waals surface area contributed by atoms with Gasteiger partial charge in [-0.3, -0.25) is 27.7 Å². The first-order valence-corrected chi connectivity index (χ1v) is 24.9. The van der Waals surface area contributed by atoms with E-state index in [1.165, 1.54) is 0 Å². The number of hydrogen-bond acceptors (Lipinski definition) is 13. The molecule has 15 nitrogen and oxygen atoms in total. The third-order valence-electron chi connectivity index (χ3n) is 8.02. The molecule has 5 atom stereocenters. The van der Waals surface area contributed by atoms with Crippen LogP contribution in [0.5, 0.6) is 0 Å². The molecule has 5 N–H and O–H groups in total. The highest BCUT2D eigenvalue weighted by atomic mass is 31.2. The van der Waals surface area contributed by atoms with Crippen molar-refractivity contribution >= 4 is 27.6 Å². The number of carbonyl (C=O) groups excluding carboxylic acids is 2. The molecule has 0 fully saturated rings. The summed E-state index contributed by atoms with van der Waals surface area (Å²) in [5, 5.41) is 29.9. The minimum Gasteiger partial charge on any atom is -0.463 e. The maximum absolute atomic E-state index is 12.1. The van der Waals surface area contributed by atoms with Crippen LogP contribution in [0.2, 0.25) is 0 Å². The molecule has 0 aromatic rings. The third-order valence-corrected chi connectivity index (χ3v) is 9.92. The summed E-state index contributed by atoms with van der Waals surface area (Å²) in [5.74, 6) is -1.13. The van der Waals surface area contributed by atoms with Crippen LogP contribution in [-0.2, 0) is 46.3 Å². The number of unbranched alkanes of at least 4 members (excludes halogenated alkanes) is 3. The standard InChI is InChI=1S/C47H74O15P2/c1-3-5-7-9-11-13-15-17-18-19-20-21-22-24-26-28-30-32-34-36-47(52)58-38-44(49)40-60-64(55,56)62-42-45(50)41-61-63(53,54)59-39-43(48)37-57-46(51)35-33-31-29-27-25-23-16-14-12-10-8-6-4-2/h5-8,10-14,16-18,20-21,23-26,30,32,43-45,48-50H,3-4,9,15,19,22,27-29,31,33-42H2,1-2H3,(H,53,54)(H,55,56)/b7-5-,8-6+,12-10+,13-11-,16-14-,18-17-,21-20-,25-23-,26-24-,32-30-. The first-order chi connectivity index (χ1) is 30.8. The number of allylic oxidation sites excluding steroid dienone is 20. The molecule has 0 spiro atoms. The number of phosphoric ester groups is 2. The molecule has 17 heteroatoms. The van der Waals surface area contributed by atoms with Crippen molar-refractivity contribution < 1.29 is 71.4 Å². The number of aliphatic hydroxyl groups excluding tert-OH is 3. The molecular weight excluding hydrogens is 866 g/mol. The predicted molar refractivity (Wildman–Crippen MR) is 251 cm³/mol. The zero-order valence-corrected chi connectivity index (χ0v) is 39.4. The Morgan fingerprint density at radius 2 is 0.781 bits per heavy atom. The van der Waals surface area contributed by atoms with Crippen LogP contribution in [0.1, 0.15) is 104 Å². The predicted octanol–water partition coefficient (Wildman–Crippen LogP) is 9.49. The third kappa shape index (κ3) is 43.7. The number of esters is 2. The number of ether oxygens (including phenoxy) is 2. The second-order valence-corrected chi connectivity index (χ2v) is 16.9. The van der Waals surface area contributed by atoms with Gasteiger partial charge in [-0.1, -0.05) is 142 Å². The highest BCUT2D eigenvalue weighted by Gasteiger charge is 2.28. The fourth-order valence-corrected chi connectivity index (χ4v) is 6.25. The van der Waals surface area contributed by atoms with Crippen molar-refractivity contribution in [1.29, 1.82) is 0 Å². The van der Waals surface area contributed by atoms with Crippen LogP contribution in [0.25, 0.3) is 0 Å². The monoisotopic (exact) mass is 940 g/mol. The Labute approximate surface area is 381 Å². The van der Waals surface area contributed by atoms with Crippen LogP contribution in [0.3, 0.4) is 0 Å². The Hall–Kier alpha value is -3.56. The molecule has 64 heavy (non-hydrogen) atoms. The lowest BCUT2D eigenvalue weighted by Crippen LogP contribution is -2.25. The van der Waals surface area contributed by atoms with Crippen molar-refractivity contribution in [2.45, 2.75) is 122 Å². The minimum atomic E-state index is -4.81. The van der Waals surface area contributed by atoms with Gasteiger partial charge in [-0.25, -0.2) is 9.13 Å². The Balaban J connectivity index is 4.06. The van der Waals surface area contributed by atoms with Crippen LogP contribution in [0, 0.1) is 0 Å². The minimum absolute atomic E-state index is 0.0635. The van der Waals surface area contributed by atoms with Gasteiger partial charge in [-0.2, -0.15) is 0 Å². The van der Waals surface area contributed by atoms with Gasteiger partial charge in [0.1, 0.15) is 31.5 Å². The maximum Gasteiger partial charge on any atom is 0.472 e. The van der Waals surface area contributed by atoms with E-state index in [1.54, 1.807) is 0 Å². The van der Waals surface area contributed by atoms with Gasteiger partial charge in [0.15, 0.2) is 0 Å². The second-order valence-electron chi connectivity index (χ2n) is 14.0. The van der Waals surface area contributed by atoms with Gasteiger partial charge in [0.2, 0.25) is 0 Å². The van der Waals surface area contributed by atoms with Crippen molar-refractivity contribution in [3.05, 3.63) is 122 Å². The van der Waals surface area contributed by atoms with E-state index < -0.39 is 85.5 Å². The molecule has 5 unspecified atom stereocenters. The normalized spacial score (nSPS) is 16.3. The summed E-state index contributed by atoms with van der Waals surface area (Å²) in [7, 11) is -9.62. The second kappa shape index (κ2) is 42.1. The van der Waals surface area contributed by atoms with Crippen LogP contribution < -0.4 is 0 Å². The molecule has 0 aliphatic rings. The number of hydrogen-bond donors (Lipinski definition) is 5. The molecular formula is C47H74O15P2. The van der Waals surface area contributed by atoms with E-state index in [1.807, 2.05) is 60.8 Å². The highest BCUT2D eigenvalue weighted by Crippen LogP contribution is 2.45. The maximum atomic E-state index is 12.1. The first-order valence-electron chi connectivity index (χ1n) is 21.9. The Bertz CT molecular complexity index is 1610. The van der Waals surface area contributed by atoms with Crippen molar-refractivity contribution in [3.63, 3.8) is 0 Å². The van der Waals surface area contributed by atoms with Gasteiger partial charge in [-0.05, 0) is 70.6 Å². The quantitative estimate of drug-likeness (QED) is 0.0127. The summed E-state index contributed by atoms with van der Waals surface area (Å²) in [4.78, 5) is 43.6. The lowest BCUT2D eigenvalue weighted by Gasteiger charge is -2.19. The van der Waals surface area contributed by atoms with Crippen molar-refractivity contribution in [1.82, 2.24) is 0 Å². The number of rotatable bonds is 40. The molecule has 0 saturated heterocycles. The summed E-state index contributed by atoms with van der Waals surface area (Å²) in [6.07, 6.45) is 46.5. The molecule has 0 aliphatic carbocycles. The van der Waals surface area contributed by atoms with Gasteiger partial charge in [0.25, 0.3) is 0 Å². The van der Waals surface area contributed by atoms with Crippen LogP contribution in [0.4, 0.5) is 0 Å². The molecule has 0 saturated carbocycles. The average molecular weight is 941 g/mol. The molecule has 0 aromatic carbocycles. The summed E-state index contributed by atoms with van der Waals surface area (Å²) in [5.41, 5.74) is 0. The van der Waals surface area contributed by atoms with Gasteiger partial charge >= 0.3 is 27.6 Å². The van der Waals surface area contributed by atoms with Crippen molar-refractivity contribution in [3.8, 4) is 0 Å². The highest BCUT2D eigenvalue weighted by molar-refractivity contribution is 7.47. The number of phosphoric acid groups is 2. The fourth-order valence-electron chi connectivity index (χ4n) is 4.66. The number of carbonyl (C=O) groups is 2. The Kier molecular flexibility index (Phi) is 39.8. The smallest absolute Gasteiger partial charge is 0.463 e. The van der Waals surface area contributed by atoms with Gasteiger partial charge < -0.3 is 34.6 Å². The van der Waals surface area contributed by atoms with E-state index in [0.717, 1.165) is 57.8 Å². The summed E-state index contributed by atoms with van der Waals surface area (Å²) in [6.45, 7) is -0.0358. The van der Waals surface area contributed by atoms with Crippen molar-refractivity contribution in [2.24, 2.45) is 0 Å². The summed E-state index contributed by atoms with van der Waals surface area (Å²) < 4.78 is 52.7. The van der Waals surface area contributed by atoms with Gasteiger partial charge in [0.05, 0.1) is 26.4 Å². The molecule has 0 aromatic heterocycles. The molecule has 0 heterocycles. The SMILES string of the molecule is CC/C=C\C/C=C\C/C=C\C/C=C\C/C=C\C/C=C\CCC(=O)OCC(O)COP(=O)(O)OCC(O)COP(=O)(O)OCC(O)COC(=O)CCCCC\C=C/C=C\C=C\C=C\CC. The summed E-state index contributed by atoms with van der Waals surface area (Å²) in [6, 6.07) is 0. The van der Waals surface area contributed by atoms with Gasteiger partial charge in [0, 0.05) is 12.8 Å². The molecule has 0 radical (unpaired) electrons. The van der Waals surface area contributed by atoms with E-state index in [2.05, 4.69) is 92.7 Å². The first kappa shape index (κ1) is 60.4. The van der Waals surface area contributed by atoms with E-state index in [9.17, 15) is 43.8 Å². The van der Waals surface area contributed by atoms with Crippen molar-refractivity contribution in [2.75, 3.05) is 39.6 Å². The molecule has 362 valence electrons. The van der Waals surface area contributed by atoms with E-state index in [4.69, 9.17) is 9.47 Å². The van der Waals surface area contributed by atoms with Gasteiger partial charge in [-0.15, -0.1) is 0 Å². The topological polar surface area (TPSA) is 225 Å². The van der Waals surface area contributed by atoms with E-state index in [0.29, 0.717) is 19.3 Å². The lowest BCUT2D eigenvalue weighted by atomic mass is 10.1. The Morgan fingerprint density at radius 3 is 1.22 bits per heavy atom. The zero-order chi connectivity index (χ0) is 47.4. The molecule has 0 aliphatic heterocycles. The summed E-state index contributed by atoms with van der Waals surface area (Å²) >= 11 is 0. The fraction of sp³-hybridized carbons (Fsp3) is 0.532.